The van der Waals surface area contributed by atoms with Gasteiger partial charge in [-0.1, -0.05) is 11.6 Å². The first-order valence-corrected chi connectivity index (χ1v) is 10.5. The van der Waals surface area contributed by atoms with E-state index in [2.05, 4.69) is 30.8 Å². The molecule has 4 aromatic rings. The molecule has 1 saturated carbocycles. The number of imidazole rings is 1. The van der Waals surface area contributed by atoms with Crippen molar-refractivity contribution in [1.29, 1.82) is 0 Å². The molecule has 0 bridgehead atoms. The molecule has 6 rings (SSSR count). The highest BCUT2D eigenvalue weighted by atomic mass is 35.5. The molecule has 12 heteroatoms. The van der Waals surface area contributed by atoms with E-state index in [0.29, 0.717) is 46.7 Å². The molecular formula is C20H17ClF2N8O. The first kappa shape index (κ1) is 19.4. The molecule has 2 atom stereocenters. The van der Waals surface area contributed by atoms with Crippen LogP contribution in [-0.4, -0.2) is 56.4 Å². The van der Waals surface area contributed by atoms with Crippen molar-refractivity contribution in [3.63, 3.8) is 0 Å². The Hall–Kier alpha value is -3.31. The molecule has 0 radical (unpaired) electrons. The zero-order valence-corrected chi connectivity index (χ0v) is 17.3. The topological polar surface area (TPSA) is 103 Å². The van der Waals surface area contributed by atoms with E-state index in [9.17, 15) is 9.18 Å². The van der Waals surface area contributed by atoms with E-state index in [1.165, 1.54) is 6.20 Å². The Morgan fingerprint density at radius 2 is 2.16 bits per heavy atom. The third-order valence-electron chi connectivity index (χ3n) is 5.84. The first-order chi connectivity index (χ1) is 15.5. The van der Waals surface area contributed by atoms with Gasteiger partial charge in [-0.15, -0.1) is 0 Å². The Balaban J connectivity index is 1.42. The average Bonchev–Trinajstić information content (AvgIpc) is 3.21. The largest absolute Gasteiger partial charge is 0.353 e. The molecule has 0 spiro atoms. The van der Waals surface area contributed by atoms with Crippen LogP contribution in [0.4, 0.5) is 20.3 Å². The van der Waals surface area contributed by atoms with Gasteiger partial charge in [-0.2, -0.15) is 5.10 Å². The standard InChI is InChI=1S/C20H17ClF2N8O/c21-16-15(10-4-26-29-18(10)19(17(16)23)30-2-1-24-8-30)12-6-31-7-13(27-14(31)5-25-12)28-20(32)9-3-11(9)22/h4-7,9,11,24H,1-3,8H2,(H,26,29)(H,28,32)/t9-,11+/m1/s1. The van der Waals surface area contributed by atoms with Gasteiger partial charge in [-0.3, -0.25) is 20.2 Å². The number of carbonyl (C=O) groups is 1. The van der Waals surface area contributed by atoms with Gasteiger partial charge in [0.15, 0.2) is 17.3 Å². The summed E-state index contributed by atoms with van der Waals surface area (Å²) in [5.74, 6) is -1.27. The molecular weight excluding hydrogens is 442 g/mol. The lowest BCUT2D eigenvalue weighted by molar-refractivity contribution is -0.117. The van der Waals surface area contributed by atoms with Crippen LogP contribution < -0.4 is 15.5 Å². The van der Waals surface area contributed by atoms with Gasteiger partial charge >= 0.3 is 0 Å². The van der Waals surface area contributed by atoms with Crippen LogP contribution in [0.1, 0.15) is 6.42 Å². The number of aromatic nitrogens is 5. The molecule has 3 aromatic heterocycles. The summed E-state index contributed by atoms with van der Waals surface area (Å²) in [7, 11) is 0. The van der Waals surface area contributed by atoms with Gasteiger partial charge in [0.05, 0.1) is 47.4 Å². The number of halogens is 3. The Morgan fingerprint density at radius 3 is 2.91 bits per heavy atom. The first-order valence-electron chi connectivity index (χ1n) is 10.1. The van der Waals surface area contributed by atoms with Crippen molar-refractivity contribution in [2.45, 2.75) is 12.6 Å². The van der Waals surface area contributed by atoms with Crippen LogP contribution in [0.15, 0.2) is 24.8 Å². The number of benzene rings is 1. The number of hydrogen-bond donors (Lipinski definition) is 3. The lowest BCUT2D eigenvalue weighted by Gasteiger charge is -2.20. The lowest BCUT2D eigenvalue weighted by atomic mass is 10.0. The maximum absolute atomic E-state index is 15.4. The van der Waals surface area contributed by atoms with Crippen molar-refractivity contribution in [3.05, 3.63) is 35.6 Å². The molecule has 2 aliphatic rings. The fraction of sp³-hybridized carbons (Fsp3) is 0.300. The van der Waals surface area contributed by atoms with Crippen molar-refractivity contribution < 1.29 is 13.6 Å². The molecule has 1 aromatic carbocycles. The van der Waals surface area contributed by atoms with Crippen LogP contribution in [0.3, 0.4) is 0 Å². The monoisotopic (exact) mass is 458 g/mol. The van der Waals surface area contributed by atoms with Gasteiger partial charge in [0.1, 0.15) is 11.9 Å². The normalized spacial score (nSPS) is 20.4. The van der Waals surface area contributed by atoms with Crippen LogP contribution in [0, 0.1) is 11.7 Å². The van der Waals surface area contributed by atoms with Crippen molar-refractivity contribution in [1.82, 2.24) is 29.9 Å². The second kappa shape index (κ2) is 7.10. The molecule has 1 aliphatic carbocycles. The Labute approximate surface area is 184 Å². The molecule has 0 unspecified atom stereocenters. The second-order valence-electron chi connectivity index (χ2n) is 7.94. The molecule has 3 N–H and O–H groups in total. The maximum Gasteiger partial charge on any atom is 0.231 e. The number of H-pyrrole nitrogens is 1. The Morgan fingerprint density at radius 1 is 1.31 bits per heavy atom. The number of alkyl halides is 1. The highest BCUT2D eigenvalue weighted by Crippen LogP contribution is 2.42. The number of hydrogen-bond acceptors (Lipinski definition) is 6. The highest BCUT2D eigenvalue weighted by Gasteiger charge is 2.43. The molecule has 4 heterocycles. The fourth-order valence-corrected chi connectivity index (χ4v) is 4.37. The summed E-state index contributed by atoms with van der Waals surface area (Å²) in [6.07, 6.45) is 5.48. The minimum atomic E-state index is -1.09. The van der Waals surface area contributed by atoms with Gasteiger partial charge < -0.3 is 14.6 Å². The summed E-state index contributed by atoms with van der Waals surface area (Å²) in [6, 6.07) is 0. The van der Waals surface area contributed by atoms with E-state index in [0.717, 1.165) is 6.54 Å². The zero-order chi connectivity index (χ0) is 22.0. The Bertz CT molecular complexity index is 1380. The van der Waals surface area contributed by atoms with Crippen molar-refractivity contribution in [2.24, 2.45) is 5.92 Å². The van der Waals surface area contributed by atoms with Gasteiger partial charge in [0.25, 0.3) is 0 Å². The van der Waals surface area contributed by atoms with E-state index in [-0.39, 0.29) is 17.3 Å². The average molecular weight is 459 g/mol. The van der Waals surface area contributed by atoms with Crippen molar-refractivity contribution in [2.75, 3.05) is 30.0 Å². The summed E-state index contributed by atoms with van der Waals surface area (Å²) in [6.45, 7) is 1.91. The van der Waals surface area contributed by atoms with E-state index in [1.807, 2.05) is 4.90 Å². The minimum Gasteiger partial charge on any atom is -0.353 e. The number of rotatable bonds is 4. The number of nitrogens with one attached hydrogen (secondary N) is 3. The van der Waals surface area contributed by atoms with E-state index < -0.39 is 23.8 Å². The highest BCUT2D eigenvalue weighted by molar-refractivity contribution is 6.35. The van der Waals surface area contributed by atoms with Crippen LogP contribution in [0.2, 0.25) is 5.02 Å². The molecule has 1 aliphatic heterocycles. The van der Waals surface area contributed by atoms with Crippen LogP contribution in [0.25, 0.3) is 27.8 Å². The third kappa shape index (κ3) is 3.00. The van der Waals surface area contributed by atoms with E-state index in [1.54, 1.807) is 23.0 Å². The van der Waals surface area contributed by atoms with E-state index >= 15 is 4.39 Å². The summed E-state index contributed by atoms with van der Waals surface area (Å²) in [4.78, 5) is 22.6. The summed E-state index contributed by atoms with van der Waals surface area (Å²) >= 11 is 6.51. The van der Waals surface area contributed by atoms with Crippen molar-refractivity contribution in [3.8, 4) is 11.3 Å². The van der Waals surface area contributed by atoms with Crippen molar-refractivity contribution >= 4 is 45.6 Å². The zero-order valence-electron chi connectivity index (χ0n) is 16.6. The molecule has 32 heavy (non-hydrogen) atoms. The van der Waals surface area contributed by atoms with Crippen LogP contribution >= 0.6 is 11.6 Å². The fourth-order valence-electron chi connectivity index (χ4n) is 4.09. The second-order valence-corrected chi connectivity index (χ2v) is 8.32. The van der Waals surface area contributed by atoms with Gasteiger partial charge in [-0.05, 0) is 6.42 Å². The van der Waals surface area contributed by atoms with E-state index in [4.69, 9.17) is 11.6 Å². The number of carbonyl (C=O) groups excluding carboxylic acids is 1. The lowest BCUT2D eigenvalue weighted by Crippen LogP contribution is -2.22. The SMILES string of the molecule is O=C(Nc1cn2cc(-c3c(Cl)c(F)c(N4CCNC4)c4[nH]ncc34)ncc2n1)[C@@H]1C[C@@H]1F. The summed E-state index contributed by atoms with van der Waals surface area (Å²) < 4.78 is 30.2. The molecule has 1 saturated heterocycles. The molecule has 9 nitrogen and oxygen atoms in total. The Kier molecular flexibility index (Phi) is 4.30. The van der Waals surface area contributed by atoms with Gasteiger partial charge in [-0.25, -0.2) is 13.8 Å². The van der Waals surface area contributed by atoms with Crippen LogP contribution in [-0.2, 0) is 4.79 Å². The molecule has 2 fully saturated rings. The third-order valence-corrected chi connectivity index (χ3v) is 6.20. The quantitative estimate of drug-likeness (QED) is 0.434. The van der Waals surface area contributed by atoms with Gasteiger partial charge in [0, 0.05) is 30.2 Å². The van der Waals surface area contributed by atoms with Gasteiger partial charge in [0.2, 0.25) is 5.91 Å². The predicted octanol–water partition coefficient (Wildman–Crippen LogP) is 2.73. The smallest absolute Gasteiger partial charge is 0.231 e. The molecule has 1 amide bonds. The summed E-state index contributed by atoms with van der Waals surface area (Å²) in [5.41, 5.74) is 2.20. The minimum absolute atomic E-state index is 0.0518. The number of fused-ring (bicyclic) bond motifs is 2. The number of aromatic amines is 1. The maximum atomic E-state index is 15.4. The van der Waals surface area contributed by atoms with Crippen LogP contribution in [0.5, 0.6) is 0 Å². The summed E-state index contributed by atoms with van der Waals surface area (Å²) in [5, 5.41) is 13.4. The molecule has 164 valence electrons. The number of amides is 1. The number of anilines is 2. The number of nitrogens with zero attached hydrogens (tertiary/aromatic N) is 5. The predicted molar refractivity (Wildman–Crippen MR) is 115 cm³/mol.